The number of nitrogens with zero attached hydrogens (tertiary/aromatic N) is 4. The Morgan fingerprint density at radius 2 is 1.81 bits per heavy atom. The van der Waals surface area contributed by atoms with Gasteiger partial charge in [0.1, 0.15) is 5.82 Å². The SMILES string of the molecule is Cc1cccc(-c2nc(C3COCCOC3)n(C3CCN(C)CC3)n2)c1. The highest BCUT2D eigenvalue weighted by Crippen LogP contribution is 2.29. The van der Waals surface area contributed by atoms with Crippen LogP contribution in [0.25, 0.3) is 11.4 Å². The van der Waals surface area contributed by atoms with E-state index < -0.39 is 0 Å². The van der Waals surface area contributed by atoms with Crippen molar-refractivity contribution in [3.05, 3.63) is 35.7 Å². The maximum absolute atomic E-state index is 5.74. The summed E-state index contributed by atoms with van der Waals surface area (Å²) in [6.45, 7) is 6.92. The summed E-state index contributed by atoms with van der Waals surface area (Å²) in [7, 11) is 2.18. The summed E-state index contributed by atoms with van der Waals surface area (Å²) >= 11 is 0. The predicted octanol–water partition coefficient (Wildman–Crippen LogP) is 2.65. The molecule has 6 nitrogen and oxygen atoms in total. The molecule has 0 amide bonds. The Kier molecular flexibility index (Phi) is 5.33. The summed E-state index contributed by atoms with van der Waals surface area (Å²) < 4.78 is 13.7. The Hall–Kier alpha value is -1.76. The summed E-state index contributed by atoms with van der Waals surface area (Å²) in [5.74, 6) is 1.97. The van der Waals surface area contributed by atoms with Crippen molar-refractivity contribution in [1.82, 2.24) is 19.7 Å². The molecule has 3 heterocycles. The average molecular weight is 356 g/mol. The maximum atomic E-state index is 5.74. The Morgan fingerprint density at radius 3 is 2.50 bits per heavy atom. The normalized spacial score (nSPS) is 21.0. The molecule has 0 N–H and O–H groups in total. The number of aromatic nitrogens is 3. The molecule has 2 aliphatic heterocycles. The van der Waals surface area contributed by atoms with Gasteiger partial charge in [-0.15, -0.1) is 0 Å². The third-order valence-corrected chi connectivity index (χ3v) is 5.34. The molecule has 2 fully saturated rings. The van der Waals surface area contributed by atoms with Crippen LogP contribution in [0.1, 0.15) is 36.2 Å². The fraction of sp³-hybridized carbons (Fsp3) is 0.600. The first-order chi connectivity index (χ1) is 12.7. The van der Waals surface area contributed by atoms with Crippen molar-refractivity contribution in [2.45, 2.75) is 31.7 Å². The van der Waals surface area contributed by atoms with E-state index in [0.29, 0.717) is 32.5 Å². The third-order valence-electron chi connectivity index (χ3n) is 5.34. The predicted molar refractivity (Wildman–Crippen MR) is 100 cm³/mol. The highest BCUT2D eigenvalue weighted by molar-refractivity contribution is 5.55. The number of benzene rings is 1. The summed E-state index contributed by atoms with van der Waals surface area (Å²) in [5, 5.41) is 4.95. The molecule has 4 rings (SSSR count). The van der Waals surface area contributed by atoms with Crippen molar-refractivity contribution in [3.8, 4) is 11.4 Å². The molecule has 0 atom stereocenters. The zero-order chi connectivity index (χ0) is 17.9. The summed E-state index contributed by atoms with van der Waals surface area (Å²) in [6.07, 6.45) is 2.21. The van der Waals surface area contributed by atoms with Gasteiger partial charge in [-0.1, -0.05) is 23.8 Å². The first kappa shape index (κ1) is 17.6. The lowest BCUT2D eigenvalue weighted by Crippen LogP contribution is -2.33. The van der Waals surface area contributed by atoms with Crippen LogP contribution in [0.2, 0.25) is 0 Å². The standard InChI is InChI=1S/C20H28N4O2/c1-15-4-3-5-16(12-15)19-21-20(17-13-25-10-11-26-14-17)24(22-19)18-6-8-23(2)9-7-18/h3-5,12,17-18H,6-11,13-14H2,1-2H3. The first-order valence-corrected chi connectivity index (χ1v) is 9.58. The minimum absolute atomic E-state index is 0.142. The lowest BCUT2D eigenvalue weighted by atomic mass is 10.0. The minimum Gasteiger partial charge on any atom is -0.378 e. The third kappa shape index (κ3) is 3.82. The van der Waals surface area contributed by atoms with E-state index >= 15 is 0 Å². The quantitative estimate of drug-likeness (QED) is 0.846. The van der Waals surface area contributed by atoms with E-state index in [4.69, 9.17) is 19.6 Å². The van der Waals surface area contributed by atoms with Crippen LogP contribution in [0.3, 0.4) is 0 Å². The van der Waals surface area contributed by atoms with Crippen LogP contribution in [-0.2, 0) is 9.47 Å². The lowest BCUT2D eigenvalue weighted by Gasteiger charge is -2.30. The van der Waals surface area contributed by atoms with E-state index in [2.05, 4.69) is 47.8 Å². The van der Waals surface area contributed by atoms with Crippen LogP contribution in [0.5, 0.6) is 0 Å². The van der Waals surface area contributed by atoms with Gasteiger partial charge >= 0.3 is 0 Å². The van der Waals surface area contributed by atoms with E-state index in [1.54, 1.807) is 0 Å². The number of likely N-dealkylation sites (tertiary alicyclic amines) is 1. The lowest BCUT2D eigenvalue weighted by molar-refractivity contribution is 0.103. The molecule has 0 spiro atoms. The van der Waals surface area contributed by atoms with Crippen molar-refractivity contribution >= 4 is 0 Å². The van der Waals surface area contributed by atoms with E-state index in [9.17, 15) is 0 Å². The molecule has 1 aromatic heterocycles. The van der Waals surface area contributed by atoms with Gasteiger partial charge in [0, 0.05) is 5.56 Å². The zero-order valence-electron chi connectivity index (χ0n) is 15.7. The molecule has 2 aliphatic rings. The molecule has 0 bridgehead atoms. The van der Waals surface area contributed by atoms with Crippen LogP contribution in [0.15, 0.2) is 24.3 Å². The molecule has 26 heavy (non-hydrogen) atoms. The molecule has 0 radical (unpaired) electrons. The second-order valence-electron chi connectivity index (χ2n) is 7.49. The van der Waals surface area contributed by atoms with Crippen LogP contribution in [-0.4, -0.2) is 66.2 Å². The molecule has 6 heteroatoms. The minimum atomic E-state index is 0.142. The topological polar surface area (TPSA) is 52.4 Å². The Labute approximate surface area is 155 Å². The molecule has 2 saturated heterocycles. The van der Waals surface area contributed by atoms with Crippen molar-refractivity contribution in [1.29, 1.82) is 0 Å². The van der Waals surface area contributed by atoms with Gasteiger partial charge in [0.15, 0.2) is 5.82 Å². The Bertz CT molecular complexity index is 729. The fourth-order valence-corrected chi connectivity index (χ4v) is 3.79. The number of hydrogen-bond acceptors (Lipinski definition) is 5. The molecule has 0 aliphatic carbocycles. The van der Waals surface area contributed by atoms with Crippen molar-refractivity contribution in [3.63, 3.8) is 0 Å². The van der Waals surface area contributed by atoms with E-state index in [1.165, 1.54) is 5.56 Å². The molecule has 1 aromatic carbocycles. The second kappa shape index (κ2) is 7.86. The highest BCUT2D eigenvalue weighted by Gasteiger charge is 2.28. The largest absolute Gasteiger partial charge is 0.378 e. The maximum Gasteiger partial charge on any atom is 0.181 e. The average Bonchev–Trinajstić information content (AvgIpc) is 2.91. The van der Waals surface area contributed by atoms with Gasteiger partial charge in [-0.25, -0.2) is 9.67 Å². The van der Waals surface area contributed by atoms with Gasteiger partial charge in [0.2, 0.25) is 0 Å². The number of hydrogen-bond donors (Lipinski definition) is 0. The van der Waals surface area contributed by atoms with Crippen molar-refractivity contribution < 1.29 is 9.47 Å². The van der Waals surface area contributed by atoms with Gasteiger partial charge in [-0.05, 0) is 46.0 Å². The smallest absolute Gasteiger partial charge is 0.181 e. The zero-order valence-corrected chi connectivity index (χ0v) is 15.7. The number of rotatable bonds is 3. The van der Waals surface area contributed by atoms with Gasteiger partial charge in [0.05, 0.1) is 38.4 Å². The van der Waals surface area contributed by atoms with Crippen LogP contribution in [0.4, 0.5) is 0 Å². The van der Waals surface area contributed by atoms with Crippen LogP contribution < -0.4 is 0 Å². The second-order valence-corrected chi connectivity index (χ2v) is 7.49. The Morgan fingerprint density at radius 1 is 1.08 bits per heavy atom. The molecule has 0 saturated carbocycles. The number of piperidine rings is 1. The van der Waals surface area contributed by atoms with E-state index in [1.807, 2.05) is 0 Å². The number of aryl methyl sites for hydroxylation is 1. The van der Waals surface area contributed by atoms with Crippen LogP contribution >= 0.6 is 0 Å². The van der Waals surface area contributed by atoms with E-state index in [-0.39, 0.29) is 5.92 Å². The Balaban J connectivity index is 1.69. The van der Waals surface area contributed by atoms with Crippen molar-refractivity contribution in [2.24, 2.45) is 0 Å². The van der Waals surface area contributed by atoms with Crippen molar-refractivity contribution in [2.75, 3.05) is 46.6 Å². The first-order valence-electron chi connectivity index (χ1n) is 9.58. The molecular formula is C20H28N4O2. The summed E-state index contributed by atoms with van der Waals surface area (Å²) in [4.78, 5) is 7.34. The molecule has 2 aromatic rings. The van der Waals surface area contributed by atoms with Gasteiger partial charge in [-0.3, -0.25) is 0 Å². The summed E-state index contributed by atoms with van der Waals surface area (Å²) in [5.41, 5.74) is 2.30. The summed E-state index contributed by atoms with van der Waals surface area (Å²) in [6, 6.07) is 8.81. The monoisotopic (exact) mass is 356 g/mol. The fourth-order valence-electron chi connectivity index (χ4n) is 3.79. The molecular weight excluding hydrogens is 328 g/mol. The van der Waals surface area contributed by atoms with Gasteiger partial charge < -0.3 is 14.4 Å². The molecule has 140 valence electrons. The van der Waals surface area contributed by atoms with Gasteiger partial charge in [-0.2, -0.15) is 5.10 Å². The van der Waals surface area contributed by atoms with E-state index in [0.717, 1.165) is 43.1 Å². The van der Waals surface area contributed by atoms with Crippen LogP contribution in [0, 0.1) is 6.92 Å². The van der Waals surface area contributed by atoms with Gasteiger partial charge in [0.25, 0.3) is 0 Å². The highest BCUT2D eigenvalue weighted by atomic mass is 16.5. The number of ether oxygens (including phenoxy) is 2. The molecule has 0 unspecified atom stereocenters.